The summed E-state index contributed by atoms with van der Waals surface area (Å²) in [7, 11) is 0. The van der Waals surface area contributed by atoms with Crippen LogP contribution in [-0.4, -0.2) is 24.9 Å². The van der Waals surface area contributed by atoms with Crippen LogP contribution in [-0.2, 0) is 26.4 Å². The number of rotatable bonds is 9. The molecule has 0 N–H and O–H groups in total. The molecule has 1 aliphatic heterocycles. The summed E-state index contributed by atoms with van der Waals surface area (Å²) in [6, 6.07) is 42.0. The third-order valence-electron chi connectivity index (χ3n) is 7.29. The van der Waals surface area contributed by atoms with Crippen LogP contribution in [0.1, 0.15) is 28.7 Å². The highest BCUT2D eigenvalue weighted by atomic mass is 16.6. The van der Waals surface area contributed by atoms with E-state index in [-0.39, 0.29) is 18.3 Å². The molecule has 176 valence electrons. The van der Waals surface area contributed by atoms with Gasteiger partial charge in [-0.15, -0.1) is 0 Å². The Kier molecular flexibility index (Phi) is 6.22. The lowest BCUT2D eigenvalue weighted by atomic mass is 9.80. The molecule has 2 fully saturated rings. The van der Waals surface area contributed by atoms with Gasteiger partial charge in [0.15, 0.2) is 0 Å². The highest BCUT2D eigenvalue weighted by Crippen LogP contribution is 2.47. The minimum absolute atomic E-state index is 0.119. The maximum Gasteiger partial charge on any atom is 0.143 e. The van der Waals surface area contributed by atoms with Gasteiger partial charge in [0.05, 0.1) is 25.4 Å². The number of epoxide rings is 1. The quantitative estimate of drug-likeness (QED) is 0.214. The summed E-state index contributed by atoms with van der Waals surface area (Å²) in [4.78, 5) is 0. The minimum Gasteiger partial charge on any atom is -0.371 e. The molecule has 3 heteroatoms. The third kappa shape index (κ3) is 4.43. The van der Waals surface area contributed by atoms with Gasteiger partial charge in [0.1, 0.15) is 11.7 Å². The van der Waals surface area contributed by atoms with E-state index in [4.69, 9.17) is 14.2 Å². The lowest BCUT2D eigenvalue weighted by molar-refractivity contribution is -0.0367. The zero-order chi connectivity index (χ0) is 23.5. The number of ether oxygens (including phenoxy) is 3. The second-order valence-corrected chi connectivity index (χ2v) is 9.49. The summed E-state index contributed by atoms with van der Waals surface area (Å²) in [6.07, 6.45) is 1.48. The first-order valence-corrected chi connectivity index (χ1v) is 12.5. The average Bonchev–Trinajstić information content (AvgIpc) is 3.66. The van der Waals surface area contributed by atoms with Gasteiger partial charge in [0.2, 0.25) is 0 Å². The van der Waals surface area contributed by atoms with E-state index in [1.165, 1.54) is 5.56 Å². The molecule has 0 aromatic heterocycles. The summed E-state index contributed by atoms with van der Waals surface area (Å²) in [5.74, 6) is 0.302. The van der Waals surface area contributed by atoms with Crippen LogP contribution < -0.4 is 0 Å². The molecular formula is C32H30O3. The van der Waals surface area contributed by atoms with E-state index in [0.29, 0.717) is 19.1 Å². The van der Waals surface area contributed by atoms with Crippen molar-refractivity contribution in [3.05, 3.63) is 144 Å². The average molecular weight is 463 g/mol. The minimum atomic E-state index is -0.697. The van der Waals surface area contributed by atoms with Crippen molar-refractivity contribution in [2.75, 3.05) is 6.61 Å². The van der Waals surface area contributed by atoms with Crippen molar-refractivity contribution in [3.63, 3.8) is 0 Å². The fraction of sp³-hybridized carbons (Fsp3) is 0.250. The molecule has 0 spiro atoms. The highest BCUT2D eigenvalue weighted by Gasteiger charge is 2.57. The molecule has 1 saturated carbocycles. The largest absolute Gasteiger partial charge is 0.371 e. The van der Waals surface area contributed by atoms with Crippen molar-refractivity contribution in [3.8, 4) is 0 Å². The fourth-order valence-corrected chi connectivity index (χ4v) is 5.49. The molecule has 1 heterocycles. The zero-order valence-corrected chi connectivity index (χ0v) is 19.7. The van der Waals surface area contributed by atoms with E-state index in [0.717, 1.165) is 23.1 Å². The molecule has 4 aromatic carbocycles. The number of hydrogen-bond donors (Lipinski definition) is 0. The Labute approximate surface area is 207 Å². The Morgan fingerprint density at radius 3 is 1.63 bits per heavy atom. The van der Waals surface area contributed by atoms with Gasteiger partial charge in [-0.3, -0.25) is 0 Å². The van der Waals surface area contributed by atoms with E-state index in [2.05, 4.69) is 115 Å². The van der Waals surface area contributed by atoms with Gasteiger partial charge in [0, 0.05) is 5.92 Å². The monoisotopic (exact) mass is 462 g/mol. The lowest BCUT2D eigenvalue weighted by Gasteiger charge is -2.37. The lowest BCUT2D eigenvalue weighted by Crippen LogP contribution is -2.35. The maximum atomic E-state index is 7.04. The van der Waals surface area contributed by atoms with Crippen molar-refractivity contribution < 1.29 is 14.2 Å². The first-order chi connectivity index (χ1) is 17.3. The van der Waals surface area contributed by atoms with Crippen LogP contribution in [0, 0.1) is 5.92 Å². The van der Waals surface area contributed by atoms with Crippen LogP contribution in [0.4, 0.5) is 0 Å². The third-order valence-corrected chi connectivity index (χ3v) is 7.29. The molecule has 4 aromatic rings. The second-order valence-electron chi connectivity index (χ2n) is 9.49. The molecular weight excluding hydrogens is 432 g/mol. The molecule has 1 aliphatic carbocycles. The van der Waals surface area contributed by atoms with Crippen molar-refractivity contribution in [2.45, 2.75) is 36.9 Å². The fourth-order valence-electron chi connectivity index (χ4n) is 5.49. The number of hydrogen-bond acceptors (Lipinski definition) is 3. The summed E-state index contributed by atoms with van der Waals surface area (Å²) < 4.78 is 19.4. The van der Waals surface area contributed by atoms with E-state index in [9.17, 15) is 0 Å². The van der Waals surface area contributed by atoms with Crippen LogP contribution in [0.25, 0.3) is 0 Å². The van der Waals surface area contributed by atoms with E-state index < -0.39 is 5.60 Å². The van der Waals surface area contributed by atoms with Gasteiger partial charge in [-0.25, -0.2) is 0 Å². The Morgan fingerprint density at radius 2 is 1.11 bits per heavy atom. The SMILES string of the molecule is c1ccc(COC2CC(COC(c3ccccc3)(c3ccccc3)c3ccccc3)C3OC23)cc1. The van der Waals surface area contributed by atoms with Gasteiger partial charge in [-0.05, 0) is 28.7 Å². The van der Waals surface area contributed by atoms with Crippen molar-refractivity contribution >= 4 is 0 Å². The van der Waals surface area contributed by atoms with Crippen LogP contribution in [0.15, 0.2) is 121 Å². The van der Waals surface area contributed by atoms with Crippen molar-refractivity contribution in [1.82, 2.24) is 0 Å². The zero-order valence-electron chi connectivity index (χ0n) is 19.7. The Morgan fingerprint density at radius 1 is 0.629 bits per heavy atom. The first-order valence-electron chi connectivity index (χ1n) is 12.5. The number of fused-ring (bicyclic) bond motifs is 1. The van der Waals surface area contributed by atoms with E-state index in [1.807, 2.05) is 6.07 Å². The Bertz CT molecular complexity index is 1110. The molecule has 35 heavy (non-hydrogen) atoms. The molecule has 2 aliphatic rings. The standard InChI is InChI=1S/C32H30O3/c1-5-13-24(14-6-1)22-33-29-21-25(30-31(29)35-30)23-34-32(26-15-7-2-8-16-26,27-17-9-3-10-18-27)28-19-11-4-12-20-28/h1-20,25,29-31H,21-23H2. The molecule has 0 radical (unpaired) electrons. The predicted molar refractivity (Wildman–Crippen MR) is 137 cm³/mol. The van der Waals surface area contributed by atoms with Gasteiger partial charge in [-0.2, -0.15) is 0 Å². The van der Waals surface area contributed by atoms with Gasteiger partial charge >= 0.3 is 0 Å². The molecule has 0 bridgehead atoms. The smallest absolute Gasteiger partial charge is 0.143 e. The Balaban J connectivity index is 1.26. The highest BCUT2D eigenvalue weighted by molar-refractivity contribution is 5.47. The number of benzene rings is 4. The van der Waals surface area contributed by atoms with Crippen molar-refractivity contribution in [1.29, 1.82) is 0 Å². The van der Waals surface area contributed by atoms with Crippen LogP contribution in [0.2, 0.25) is 0 Å². The maximum absolute atomic E-state index is 7.04. The van der Waals surface area contributed by atoms with Gasteiger partial charge in [0.25, 0.3) is 0 Å². The van der Waals surface area contributed by atoms with Crippen LogP contribution >= 0.6 is 0 Å². The van der Waals surface area contributed by atoms with E-state index >= 15 is 0 Å². The summed E-state index contributed by atoms with van der Waals surface area (Å²) >= 11 is 0. The molecule has 1 saturated heterocycles. The predicted octanol–water partition coefficient (Wildman–Crippen LogP) is 6.37. The summed E-state index contributed by atoms with van der Waals surface area (Å²) in [6.45, 7) is 1.22. The molecule has 6 rings (SSSR count). The topological polar surface area (TPSA) is 31.0 Å². The summed E-state index contributed by atoms with van der Waals surface area (Å²) in [5.41, 5.74) is 3.87. The van der Waals surface area contributed by atoms with E-state index in [1.54, 1.807) is 0 Å². The van der Waals surface area contributed by atoms with Crippen LogP contribution in [0.5, 0.6) is 0 Å². The van der Waals surface area contributed by atoms with Crippen molar-refractivity contribution in [2.24, 2.45) is 5.92 Å². The van der Waals surface area contributed by atoms with Gasteiger partial charge in [-0.1, -0.05) is 121 Å². The summed E-state index contributed by atoms with van der Waals surface area (Å²) in [5, 5.41) is 0. The second kappa shape index (κ2) is 9.79. The molecule has 3 nitrogen and oxygen atoms in total. The Hall–Kier alpha value is -3.24. The van der Waals surface area contributed by atoms with Gasteiger partial charge < -0.3 is 14.2 Å². The van der Waals surface area contributed by atoms with Crippen LogP contribution in [0.3, 0.4) is 0 Å². The molecule has 0 amide bonds. The molecule has 4 atom stereocenters. The molecule has 4 unspecified atom stereocenters. The first kappa shape index (κ1) is 22.2. The normalized spacial score (nSPS) is 23.1.